The molecule has 1 fully saturated rings. The fourth-order valence-corrected chi connectivity index (χ4v) is 3.21. The van der Waals surface area contributed by atoms with Gasteiger partial charge in [-0.15, -0.1) is 0 Å². The van der Waals surface area contributed by atoms with Crippen molar-refractivity contribution >= 4 is 11.7 Å². The summed E-state index contributed by atoms with van der Waals surface area (Å²) in [6.07, 6.45) is 0.904. The molecule has 0 bridgehead atoms. The fourth-order valence-electron chi connectivity index (χ4n) is 3.21. The van der Waals surface area contributed by atoms with E-state index in [0.717, 1.165) is 24.6 Å². The van der Waals surface area contributed by atoms with E-state index in [2.05, 4.69) is 5.32 Å². The highest BCUT2D eigenvalue weighted by molar-refractivity contribution is 5.73. The first-order valence-corrected chi connectivity index (χ1v) is 8.76. The average Bonchev–Trinajstić information content (AvgIpc) is 3.12. The van der Waals surface area contributed by atoms with Crippen LogP contribution in [0.4, 0.5) is 19.3 Å². The third-order valence-corrected chi connectivity index (χ3v) is 4.71. The van der Waals surface area contributed by atoms with Crippen LogP contribution in [0, 0.1) is 17.6 Å². The summed E-state index contributed by atoms with van der Waals surface area (Å²) in [6.45, 7) is 2.61. The first-order valence-electron chi connectivity index (χ1n) is 8.76. The second kappa shape index (κ2) is 8.17. The first-order chi connectivity index (χ1) is 12.5. The van der Waals surface area contributed by atoms with Crippen LogP contribution in [0.1, 0.15) is 12.0 Å². The van der Waals surface area contributed by atoms with Crippen LogP contribution >= 0.6 is 0 Å². The van der Waals surface area contributed by atoms with E-state index in [9.17, 15) is 13.6 Å². The number of carbonyl (C=O) groups excluding carboxylic acids is 1. The fraction of sp³-hybridized carbons (Fsp3) is 0.350. The lowest BCUT2D eigenvalue weighted by molar-refractivity contribution is 0.205. The van der Waals surface area contributed by atoms with E-state index in [-0.39, 0.29) is 11.9 Å². The number of hydrogen-bond donors (Lipinski definition) is 1. The number of carbonyl (C=O) groups is 1. The van der Waals surface area contributed by atoms with Crippen LogP contribution in [0.3, 0.4) is 0 Å². The maximum absolute atomic E-state index is 13.4. The van der Waals surface area contributed by atoms with Crippen molar-refractivity contribution in [3.05, 3.63) is 65.7 Å². The van der Waals surface area contributed by atoms with Crippen molar-refractivity contribution in [2.45, 2.75) is 13.0 Å². The predicted octanol–water partition coefficient (Wildman–Crippen LogP) is 3.63. The molecule has 1 aliphatic rings. The number of hydrogen-bond acceptors (Lipinski definition) is 2. The van der Waals surface area contributed by atoms with Gasteiger partial charge in [-0.25, -0.2) is 13.6 Å². The molecule has 0 radical (unpaired) electrons. The molecule has 4 nitrogen and oxygen atoms in total. The van der Waals surface area contributed by atoms with Gasteiger partial charge in [0.15, 0.2) is 11.6 Å². The van der Waals surface area contributed by atoms with E-state index < -0.39 is 11.6 Å². The highest BCUT2D eigenvalue weighted by Crippen LogP contribution is 2.25. The van der Waals surface area contributed by atoms with E-state index in [1.807, 2.05) is 35.2 Å². The van der Waals surface area contributed by atoms with Crippen molar-refractivity contribution in [2.75, 3.05) is 31.6 Å². The Balaban J connectivity index is 1.46. The van der Waals surface area contributed by atoms with Gasteiger partial charge in [-0.1, -0.05) is 30.3 Å². The zero-order chi connectivity index (χ0) is 18.5. The number of halogens is 2. The van der Waals surface area contributed by atoms with Crippen molar-refractivity contribution in [3.8, 4) is 0 Å². The van der Waals surface area contributed by atoms with Gasteiger partial charge in [-0.05, 0) is 30.0 Å². The van der Waals surface area contributed by atoms with E-state index in [0.29, 0.717) is 25.3 Å². The maximum Gasteiger partial charge on any atom is 0.317 e. The summed E-state index contributed by atoms with van der Waals surface area (Å²) in [6, 6.07) is 13.7. The van der Waals surface area contributed by atoms with Gasteiger partial charge in [-0.3, -0.25) is 0 Å². The summed E-state index contributed by atoms with van der Waals surface area (Å²) >= 11 is 0. The Kier molecular flexibility index (Phi) is 5.71. The quantitative estimate of drug-likeness (QED) is 0.885. The summed E-state index contributed by atoms with van der Waals surface area (Å²) in [7, 11) is 1.77. The Bertz CT molecular complexity index is 754. The molecule has 1 N–H and O–H groups in total. The third kappa shape index (κ3) is 4.50. The lowest BCUT2D eigenvalue weighted by Crippen LogP contribution is -2.39. The van der Waals surface area contributed by atoms with Crippen LogP contribution in [0.15, 0.2) is 48.5 Å². The Morgan fingerprint density at radius 2 is 1.96 bits per heavy atom. The molecule has 0 saturated carbocycles. The monoisotopic (exact) mass is 359 g/mol. The zero-order valence-electron chi connectivity index (χ0n) is 14.8. The Morgan fingerprint density at radius 3 is 2.69 bits per heavy atom. The molecule has 1 heterocycles. The minimum Gasteiger partial charge on any atom is -0.371 e. The first kappa shape index (κ1) is 18.2. The van der Waals surface area contributed by atoms with Gasteiger partial charge in [0.2, 0.25) is 0 Å². The number of rotatable bonds is 5. The zero-order valence-corrected chi connectivity index (χ0v) is 14.8. The molecule has 0 aromatic heterocycles. The van der Waals surface area contributed by atoms with E-state index in [1.165, 1.54) is 6.07 Å². The molecule has 1 atom stereocenters. The molecule has 0 aliphatic carbocycles. The molecule has 2 aromatic carbocycles. The summed E-state index contributed by atoms with van der Waals surface area (Å²) < 4.78 is 26.4. The van der Waals surface area contributed by atoms with E-state index >= 15 is 0 Å². The van der Waals surface area contributed by atoms with Crippen molar-refractivity contribution in [1.82, 2.24) is 10.2 Å². The molecule has 3 rings (SSSR count). The second-order valence-electron chi connectivity index (χ2n) is 6.73. The van der Waals surface area contributed by atoms with Gasteiger partial charge in [0.25, 0.3) is 0 Å². The molecule has 2 aromatic rings. The molecule has 0 spiro atoms. The minimum atomic E-state index is -0.835. The molecule has 1 saturated heterocycles. The number of anilines is 1. The van der Waals surface area contributed by atoms with Crippen LogP contribution in [-0.2, 0) is 6.54 Å². The van der Waals surface area contributed by atoms with Crippen LogP contribution < -0.4 is 10.2 Å². The Morgan fingerprint density at radius 1 is 1.19 bits per heavy atom. The molecular weight excluding hydrogens is 336 g/mol. The van der Waals surface area contributed by atoms with Gasteiger partial charge >= 0.3 is 6.03 Å². The SMILES string of the molecule is CN(Cc1ccccc1)C(=O)NCC1CCN(c2ccc(F)c(F)c2)C1. The van der Waals surface area contributed by atoms with Gasteiger partial charge in [0, 0.05) is 45.0 Å². The molecule has 1 unspecified atom stereocenters. The molecule has 6 heteroatoms. The molecular formula is C20H23F2N3O. The van der Waals surface area contributed by atoms with E-state index in [4.69, 9.17) is 0 Å². The maximum atomic E-state index is 13.4. The predicted molar refractivity (Wildman–Crippen MR) is 98.0 cm³/mol. The number of benzene rings is 2. The Hall–Kier alpha value is -2.63. The van der Waals surface area contributed by atoms with Crippen molar-refractivity contribution in [3.63, 3.8) is 0 Å². The third-order valence-electron chi connectivity index (χ3n) is 4.71. The summed E-state index contributed by atoms with van der Waals surface area (Å²) in [5.74, 6) is -1.38. The van der Waals surface area contributed by atoms with Gasteiger partial charge < -0.3 is 15.1 Å². The number of nitrogens with zero attached hydrogens (tertiary/aromatic N) is 2. The highest BCUT2D eigenvalue weighted by atomic mass is 19.2. The number of amides is 2. The van der Waals surface area contributed by atoms with E-state index in [1.54, 1.807) is 18.0 Å². The average molecular weight is 359 g/mol. The standard InChI is InChI=1S/C20H23F2N3O/c1-24(13-15-5-3-2-4-6-15)20(26)23-12-16-9-10-25(14-16)17-7-8-18(21)19(22)11-17/h2-8,11,16H,9-10,12-14H2,1H3,(H,23,26). The molecule has 2 amide bonds. The summed E-state index contributed by atoms with van der Waals surface area (Å²) in [5.41, 5.74) is 1.76. The Labute approximate surface area is 152 Å². The van der Waals surface area contributed by atoms with Crippen LogP contribution in [0.2, 0.25) is 0 Å². The summed E-state index contributed by atoms with van der Waals surface area (Å²) in [5, 5.41) is 2.96. The smallest absolute Gasteiger partial charge is 0.317 e. The van der Waals surface area contributed by atoms with Crippen LogP contribution in [0.5, 0.6) is 0 Å². The molecule has 1 aliphatic heterocycles. The summed E-state index contributed by atoms with van der Waals surface area (Å²) in [4.78, 5) is 15.9. The minimum absolute atomic E-state index is 0.111. The molecule has 26 heavy (non-hydrogen) atoms. The largest absolute Gasteiger partial charge is 0.371 e. The van der Waals surface area contributed by atoms with Crippen molar-refractivity contribution in [2.24, 2.45) is 5.92 Å². The molecule has 138 valence electrons. The lowest BCUT2D eigenvalue weighted by atomic mass is 10.1. The van der Waals surface area contributed by atoms with Gasteiger partial charge in [0.1, 0.15) is 0 Å². The highest BCUT2D eigenvalue weighted by Gasteiger charge is 2.24. The van der Waals surface area contributed by atoms with Crippen molar-refractivity contribution < 1.29 is 13.6 Å². The topological polar surface area (TPSA) is 35.6 Å². The second-order valence-corrected chi connectivity index (χ2v) is 6.73. The normalized spacial score (nSPS) is 16.6. The number of urea groups is 1. The van der Waals surface area contributed by atoms with Crippen molar-refractivity contribution in [1.29, 1.82) is 0 Å². The van der Waals surface area contributed by atoms with Crippen LogP contribution in [0.25, 0.3) is 0 Å². The van der Waals surface area contributed by atoms with Crippen LogP contribution in [-0.4, -0.2) is 37.6 Å². The number of nitrogens with one attached hydrogen (secondary N) is 1. The van der Waals surface area contributed by atoms with Gasteiger partial charge in [-0.2, -0.15) is 0 Å². The lowest BCUT2D eigenvalue weighted by Gasteiger charge is -2.21. The van der Waals surface area contributed by atoms with Gasteiger partial charge in [0.05, 0.1) is 0 Å².